The fourth-order valence-corrected chi connectivity index (χ4v) is 1.37. The van der Waals surface area contributed by atoms with Crippen molar-refractivity contribution in [1.82, 2.24) is 0 Å². The number of hydrogen-bond acceptors (Lipinski definition) is 1. The summed E-state index contributed by atoms with van der Waals surface area (Å²) in [5.74, 6) is -4.27. The van der Waals surface area contributed by atoms with Crippen LogP contribution in [0.1, 0.15) is 11.1 Å². The monoisotopic (exact) mass is 224 g/mol. The molecule has 0 saturated carbocycles. The first-order chi connectivity index (χ1) is 6.38. The molecule has 0 heterocycles. The zero-order chi connectivity index (χ0) is 10.9. The summed E-state index contributed by atoms with van der Waals surface area (Å²) in [5, 5.41) is 8.15. The molecule has 0 aliphatic carbocycles. The largest absolute Gasteiger partial charge is 0.390 e. The van der Waals surface area contributed by atoms with Crippen molar-refractivity contribution in [1.29, 1.82) is 0 Å². The second-order valence-corrected chi connectivity index (χ2v) is 3.35. The summed E-state index contributed by atoms with van der Waals surface area (Å²) in [5.41, 5.74) is -0.503. The number of aliphatic hydroxyl groups excluding tert-OH is 1. The molecule has 0 radical (unpaired) electrons. The minimum atomic E-state index is -3.51. The lowest BCUT2D eigenvalue weighted by Crippen LogP contribution is -2.19. The van der Waals surface area contributed by atoms with Gasteiger partial charge in [0.2, 0.25) is 0 Å². The van der Waals surface area contributed by atoms with E-state index in [4.69, 9.17) is 16.7 Å². The maximum absolute atomic E-state index is 13.0. The van der Waals surface area contributed by atoms with Crippen LogP contribution in [0.5, 0.6) is 0 Å². The number of alkyl halides is 2. The Bertz CT molecular complexity index is 352. The number of hydrogen-bond donors (Lipinski definition) is 1. The Morgan fingerprint density at radius 2 is 2.00 bits per heavy atom. The Morgan fingerprint density at radius 1 is 1.43 bits per heavy atom. The third-order valence-electron chi connectivity index (χ3n) is 1.84. The van der Waals surface area contributed by atoms with Crippen LogP contribution in [0.3, 0.4) is 0 Å². The zero-order valence-corrected chi connectivity index (χ0v) is 8.08. The van der Waals surface area contributed by atoms with Crippen molar-refractivity contribution in [3.8, 4) is 0 Å². The highest BCUT2D eigenvalue weighted by Crippen LogP contribution is 2.34. The third kappa shape index (κ3) is 2.01. The van der Waals surface area contributed by atoms with Gasteiger partial charge in [-0.05, 0) is 24.6 Å². The molecule has 78 valence electrons. The Kier molecular flexibility index (Phi) is 3.07. The number of halogens is 4. The summed E-state index contributed by atoms with van der Waals surface area (Å²) >= 11 is 5.51. The molecule has 0 saturated heterocycles. The SMILES string of the molecule is Cc1cc(Cl)c(C(F)(F)CO)cc1F. The lowest BCUT2D eigenvalue weighted by atomic mass is 10.1. The Balaban J connectivity index is 3.29. The van der Waals surface area contributed by atoms with Crippen LogP contribution in [0, 0.1) is 12.7 Å². The highest BCUT2D eigenvalue weighted by atomic mass is 35.5. The average molecular weight is 225 g/mol. The van der Waals surface area contributed by atoms with Crippen LogP contribution in [0.4, 0.5) is 13.2 Å². The molecule has 0 aromatic heterocycles. The number of aliphatic hydroxyl groups is 1. The molecule has 0 spiro atoms. The number of rotatable bonds is 2. The van der Waals surface area contributed by atoms with Crippen LogP contribution in [0.15, 0.2) is 12.1 Å². The van der Waals surface area contributed by atoms with Gasteiger partial charge in [-0.2, -0.15) is 8.78 Å². The second kappa shape index (κ2) is 3.79. The lowest BCUT2D eigenvalue weighted by molar-refractivity contribution is -0.0557. The van der Waals surface area contributed by atoms with Crippen molar-refractivity contribution in [3.63, 3.8) is 0 Å². The van der Waals surface area contributed by atoms with E-state index in [0.29, 0.717) is 6.07 Å². The molecule has 5 heteroatoms. The smallest absolute Gasteiger partial charge is 0.297 e. The molecule has 0 aliphatic rings. The van der Waals surface area contributed by atoms with Crippen molar-refractivity contribution < 1.29 is 18.3 Å². The fourth-order valence-electron chi connectivity index (χ4n) is 1.01. The van der Waals surface area contributed by atoms with Crippen LogP contribution in [0.25, 0.3) is 0 Å². The van der Waals surface area contributed by atoms with Crippen molar-refractivity contribution in [2.45, 2.75) is 12.8 Å². The molecule has 1 N–H and O–H groups in total. The molecular formula is C9H8ClF3O. The van der Waals surface area contributed by atoms with Gasteiger partial charge in [-0.15, -0.1) is 0 Å². The first-order valence-electron chi connectivity index (χ1n) is 3.83. The van der Waals surface area contributed by atoms with Gasteiger partial charge in [-0.25, -0.2) is 4.39 Å². The predicted octanol–water partition coefficient (Wildman–Crippen LogP) is 2.87. The molecule has 1 nitrogen and oxygen atoms in total. The van der Waals surface area contributed by atoms with Gasteiger partial charge in [0.25, 0.3) is 5.92 Å². The second-order valence-electron chi connectivity index (χ2n) is 2.94. The van der Waals surface area contributed by atoms with Crippen molar-refractivity contribution in [2.24, 2.45) is 0 Å². The van der Waals surface area contributed by atoms with Gasteiger partial charge in [0.05, 0.1) is 5.02 Å². The summed E-state index contributed by atoms with van der Waals surface area (Å²) in [4.78, 5) is 0. The van der Waals surface area contributed by atoms with Gasteiger partial charge < -0.3 is 5.11 Å². The minimum absolute atomic E-state index is 0.187. The fraction of sp³-hybridized carbons (Fsp3) is 0.333. The van der Waals surface area contributed by atoms with Crippen LogP contribution >= 0.6 is 11.6 Å². The number of aryl methyl sites for hydroxylation is 1. The molecule has 0 aliphatic heterocycles. The van der Waals surface area contributed by atoms with Crippen LogP contribution in [-0.4, -0.2) is 11.7 Å². The maximum atomic E-state index is 13.0. The molecule has 0 amide bonds. The molecule has 0 fully saturated rings. The summed E-state index contributed by atoms with van der Waals surface area (Å²) in [6.45, 7) is 0.0251. The van der Waals surface area contributed by atoms with Gasteiger partial charge >= 0.3 is 0 Å². The van der Waals surface area contributed by atoms with Crippen LogP contribution < -0.4 is 0 Å². The third-order valence-corrected chi connectivity index (χ3v) is 2.15. The van der Waals surface area contributed by atoms with E-state index in [1.54, 1.807) is 0 Å². The highest BCUT2D eigenvalue weighted by Gasteiger charge is 2.33. The summed E-state index contributed by atoms with van der Waals surface area (Å²) in [6, 6.07) is 1.75. The van der Waals surface area contributed by atoms with Crippen LogP contribution in [-0.2, 0) is 5.92 Å². The topological polar surface area (TPSA) is 20.2 Å². The van der Waals surface area contributed by atoms with E-state index in [1.807, 2.05) is 0 Å². The quantitative estimate of drug-likeness (QED) is 0.819. The molecule has 0 bridgehead atoms. The van der Waals surface area contributed by atoms with Gasteiger partial charge in [-0.3, -0.25) is 0 Å². The molecular weight excluding hydrogens is 217 g/mol. The zero-order valence-electron chi connectivity index (χ0n) is 7.32. The average Bonchev–Trinajstić information content (AvgIpc) is 2.11. The summed E-state index contributed by atoms with van der Waals surface area (Å²) in [7, 11) is 0. The molecule has 0 unspecified atom stereocenters. The Hall–Kier alpha value is -0.740. The highest BCUT2D eigenvalue weighted by molar-refractivity contribution is 6.31. The van der Waals surface area contributed by atoms with E-state index >= 15 is 0 Å². The maximum Gasteiger partial charge on any atom is 0.297 e. The van der Waals surface area contributed by atoms with Crippen LogP contribution in [0.2, 0.25) is 5.02 Å². The molecule has 1 aromatic carbocycles. The standard InChI is InChI=1S/C9H8ClF3O/c1-5-2-7(10)6(3-8(5)11)9(12,13)4-14/h2-3,14H,4H2,1H3. The van der Waals surface area contributed by atoms with E-state index in [2.05, 4.69) is 0 Å². The van der Waals surface area contributed by atoms with Gasteiger partial charge in [0.1, 0.15) is 12.4 Å². The van der Waals surface area contributed by atoms with Gasteiger partial charge in [0, 0.05) is 5.56 Å². The summed E-state index contributed by atoms with van der Waals surface area (Å²) < 4.78 is 38.9. The lowest BCUT2D eigenvalue weighted by Gasteiger charge is -2.15. The Labute approximate surface area is 84.1 Å². The number of benzene rings is 1. The Morgan fingerprint density at radius 3 is 2.50 bits per heavy atom. The molecule has 1 aromatic rings. The van der Waals surface area contributed by atoms with Crippen molar-refractivity contribution in [3.05, 3.63) is 34.1 Å². The predicted molar refractivity (Wildman–Crippen MR) is 47.1 cm³/mol. The van der Waals surface area contributed by atoms with E-state index in [0.717, 1.165) is 6.07 Å². The first-order valence-corrected chi connectivity index (χ1v) is 4.21. The normalized spacial score (nSPS) is 11.9. The molecule has 1 rings (SSSR count). The minimum Gasteiger partial charge on any atom is -0.390 e. The first kappa shape index (κ1) is 11.3. The van der Waals surface area contributed by atoms with Gasteiger partial charge in [-0.1, -0.05) is 11.6 Å². The van der Waals surface area contributed by atoms with Crippen molar-refractivity contribution >= 4 is 11.6 Å². The van der Waals surface area contributed by atoms with E-state index < -0.39 is 23.9 Å². The van der Waals surface area contributed by atoms with Crippen molar-refractivity contribution in [2.75, 3.05) is 6.61 Å². The van der Waals surface area contributed by atoms with E-state index in [1.165, 1.54) is 6.92 Å². The summed E-state index contributed by atoms with van der Waals surface area (Å²) in [6.07, 6.45) is 0. The molecule has 14 heavy (non-hydrogen) atoms. The molecule has 0 atom stereocenters. The van der Waals surface area contributed by atoms with Gasteiger partial charge in [0.15, 0.2) is 0 Å². The van der Waals surface area contributed by atoms with E-state index in [-0.39, 0.29) is 10.6 Å². The van der Waals surface area contributed by atoms with E-state index in [9.17, 15) is 13.2 Å².